The van der Waals surface area contributed by atoms with Gasteiger partial charge in [0.15, 0.2) is 0 Å². The van der Waals surface area contributed by atoms with Crippen molar-refractivity contribution >= 4 is 66.8 Å². The molecule has 7 rings (SSSR count). The third kappa shape index (κ3) is 3.88. The van der Waals surface area contributed by atoms with E-state index in [4.69, 9.17) is 26.9 Å². The highest BCUT2D eigenvalue weighted by Gasteiger charge is 2.21. The van der Waals surface area contributed by atoms with Gasteiger partial charge >= 0.3 is 0 Å². The van der Waals surface area contributed by atoms with Crippen LogP contribution < -0.4 is 9.64 Å². The van der Waals surface area contributed by atoms with Gasteiger partial charge in [-0.2, -0.15) is 0 Å². The smallest absolute Gasteiger partial charge is 0.264 e. The molecule has 7 heteroatoms. The number of hydrogen-bond acceptors (Lipinski definition) is 6. The molecule has 0 atom stereocenters. The average molecular weight is 502 g/mol. The summed E-state index contributed by atoms with van der Waals surface area (Å²) in [6, 6.07) is 28.6. The lowest BCUT2D eigenvalue weighted by Gasteiger charge is -2.36. The Labute approximate surface area is 219 Å². The van der Waals surface area contributed by atoms with E-state index in [9.17, 15) is 0 Å². The van der Waals surface area contributed by atoms with E-state index < -0.39 is 0 Å². The fourth-order valence-corrected chi connectivity index (χ4v) is 5.43. The molecule has 1 aliphatic rings. The lowest BCUT2D eigenvalue weighted by Crippen LogP contribution is -2.49. The first kappa shape index (κ1) is 21.9. The summed E-state index contributed by atoms with van der Waals surface area (Å²) in [6.07, 6.45) is 1.83. The molecule has 3 heterocycles. The Hall–Kier alpha value is -4.36. The van der Waals surface area contributed by atoms with E-state index in [0.717, 1.165) is 64.8 Å². The molecule has 6 nitrogen and oxygen atoms in total. The highest BCUT2D eigenvalue weighted by atomic mass is 32.1. The number of aromatic nitrogens is 3. The van der Waals surface area contributed by atoms with Gasteiger partial charge in [0, 0.05) is 49.2 Å². The summed E-state index contributed by atoms with van der Waals surface area (Å²) in [5, 5.41) is 5.05. The van der Waals surface area contributed by atoms with Gasteiger partial charge in [0.05, 0.1) is 22.1 Å². The van der Waals surface area contributed by atoms with E-state index in [-0.39, 0.29) is 0 Å². The minimum atomic E-state index is 0.477. The molecule has 0 bridgehead atoms. The van der Waals surface area contributed by atoms with Crippen LogP contribution in [0, 0.1) is 0 Å². The van der Waals surface area contributed by atoms with Crippen molar-refractivity contribution in [3.63, 3.8) is 0 Å². The van der Waals surface area contributed by atoms with Gasteiger partial charge in [0.2, 0.25) is 0 Å². The quantitative estimate of drug-likeness (QED) is 0.165. The van der Waals surface area contributed by atoms with Crippen molar-refractivity contribution in [3.05, 3.63) is 91.1 Å². The van der Waals surface area contributed by atoms with Crippen molar-refractivity contribution in [2.75, 3.05) is 31.1 Å². The second-order valence-corrected chi connectivity index (χ2v) is 9.54. The highest BCUT2D eigenvalue weighted by molar-refractivity contribution is 7.80. The SMILES string of the molecule is S=C(Oc1ccc2nc3c4ccccc4c4ccccc4c3nc2c1)N1CCN(c2ccccn2)CC1. The number of anilines is 1. The fraction of sp³-hybridized carbons (Fsp3) is 0.133. The van der Waals surface area contributed by atoms with Crippen LogP contribution in [0.1, 0.15) is 0 Å². The van der Waals surface area contributed by atoms with Crippen molar-refractivity contribution in [1.29, 1.82) is 0 Å². The van der Waals surface area contributed by atoms with Gasteiger partial charge in [-0.15, -0.1) is 0 Å². The zero-order valence-electron chi connectivity index (χ0n) is 20.0. The fourth-order valence-electron chi connectivity index (χ4n) is 5.15. The average Bonchev–Trinajstić information content (AvgIpc) is 2.97. The van der Waals surface area contributed by atoms with Crippen molar-refractivity contribution in [2.45, 2.75) is 0 Å². The summed E-state index contributed by atoms with van der Waals surface area (Å²) < 4.78 is 6.13. The molecule has 4 aromatic carbocycles. The molecular formula is C30H23N5OS. The largest absolute Gasteiger partial charge is 0.432 e. The van der Waals surface area contributed by atoms with Gasteiger partial charge in [0.1, 0.15) is 11.6 Å². The normalized spacial score (nSPS) is 14.1. The molecule has 0 spiro atoms. The van der Waals surface area contributed by atoms with Gasteiger partial charge in [-0.1, -0.05) is 54.6 Å². The number of fused-ring (bicyclic) bond motifs is 7. The molecule has 0 N–H and O–H groups in total. The number of benzene rings is 4. The number of ether oxygens (including phenoxy) is 1. The van der Waals surface area contributed by atoms with Crippen LogP contribution in [0.5, 0.6) is 5.75 Å². The number of rotatable bonds is 2. The summed E-state index contributed by atoms with van der Waals surface area (Å²) in [5.41, 5.74) is 3.42. The van der Waals surface area contributed by atoms with E-state index in [2.05, 4.69) is 57.2 Å². The Bertz CT molecular complexity index is 1800. The van der Waals surface area contributed by atoms with Crippen molar-refractivity contribution in [1.82, 2.24) is 19.9 Å². The van der Waals surface area contributed by atoms with Crippen LogP contribution in [0.4, 0.5) is 5.82 Å². The van der Waals surface area contributed by atoms with E-state index in [1.165, 1.54) is 10.8 Å². The number of pyridine rings is 1. The van der Waals surface area contributed by atoms with Gasteiger partial charge in [0.25, 0.3) is 5.17 Å². The minimum absolute atomic E-state index is 0.477. The van der Waals surface area contributed by atoms with E-state index in [0.29, 0.717) is 10.9 Å². The Balaban J connectivity index is 1.19. The molecule has 37 heavy (non-hydrogen) atoms. The van der Waals surface area contributed by atoms with Gasteiger partial charge in [-0.25, -0.2) is 15.0 Å². The highest BCUT2D eigenvalue weighted by Crippen LogP contribution is 2.34. The zero-order valence-corrected chi connectivity index (χ0v) is 20.9. The Morgan fingerprint density at radius 1 is 0.676 bits per heavy atom. The van der Waals surface area contributed by atoms with Gasteiger partial charge < -0.3 is 14.5 Å². The molecule has 1 fully saturated rings. The van der Waals surface area contributed by atoms with E-state index in [1.807, 2.05) is 48.7 Å². The lowest BCUT2D eigenvalue weighted by atomic mass is 9.99. The molecule has 0 saturated carbocycles. The predicted octanol–water partition coefficient (Wildman–Crippen LogP) is 5.97. The number of nitrogens with zero attached hydrogens (tertiary/aromatic N) is 5. The summed E-state index contributed by atoms with van der Waals surface area (Å²) in [6.45, 7) is 3.26. The Morgan fingerprint density at radius 3 is 1.95 bits per heavy atom. The third-order valence-electron chi connectivity index (χ3n) is 7.01. The minimum Gasteiger partial charge on any atom is -0.432 e. The van der Waals surface area contributed by atoms with Crippen molar-refractivity contribution in [3.8, 4) is 5.75 Å². The predicted molar refractivity (Wildman–Crippen MR) is 153 cm³/mol. The Morgan fingerprint density at radius 2 is 1.30 bits per heavy atom. The van der Waals surface area contributed by atoms with Crippen LogP contribution in [0.15, 0.2) is 91.1 Å². The number of hydrogen-bond donors (Lipinski definition) is 0. The second kappa shape index (κ2) is 8.94. The summed E-state index contributed by atoms with van der Waals surface area (Å²) >= 11 is 5.66. The zero-order chi connectivity index (χ0) is 24.8. The first-order valence-corrected chi connectivity index (χ1v) is 12.8. The maximum Gasteiger partial charge on any atom is 0.264 e. The van der Waals surface area contributed by atoms with Crippen LogP contribution >= 0.6 is 12.2 Å². The first-order chi connectivity index (χ1) is 18.2. The van der Waals surface area contributed by atoms with Crippen LogP contribution in [0.2, 0.25) is 0 Å². The topological polar surface area (TPSA) is 54.4 Å². The maximum absolute atomic E-state index is 6.13. The summed E-state index contributed by atoms with van der Waals surface area (Å²) in [5.74, 6) is 1.66. The summed E-state index contributed by atoms with van der Waals surface area (Å²) in [4.78, 5) is 18.9. The molecule has 0 radical (unpaired) electrons. The van der Waals surface area contributed by atoms with Crippen molar-refractivity contribution < 1.29 is 4.74 Å². The van der Waals surface area contributed by atoms with Crippen LogP contribution in [-0.4, -0.2) is 51.2 Å². The standard InChI is InChI=1S/C30H23N5OS/c37-30(35-17-15-34(16-18-35)27-11-5-6-14-31-27)36-20-12-13-25-26(19-20)33-29-24-10-4-2-8-22(24)21-7-1-3-9-23(21)28(29)32-25/h1-14,19H,15-18H2. The maximum atomic E-state index is 6.13. The molecular weight excluding hydrogens is 478 g/mol. The second-order valence-electron chi connectivity index (χ2n) is 9.19. The first-order valence-electron chi connectivity index (χ1n) is 12.4. The van der Waals surface area contributed by atoms with E-state index in [1.54, 1.807) is 0 Å². The van der Waals surface area contributed by atoms with Gasteiger partial charge in [-0.3, -0.25) is 0 Å². The summed E-state index contributed by atoms with van der Waals surface area (Å²) in [7, 11) is 0. The Kier molecular flexibility index (Phi) is 5.29. The number of piperazine rings is 1. The molecule has 1 saturated heterocycles. The van der Waals surface area contributed by atoms with Crippen LogP contribution in [0.3, 0.4) is 0 Å². The molecule has 180 valence electrons. The molecule has 1 aliphatic heterocycles. The molecule has 0 amide bonds. The molecule has 0 unspecified atom stereocenters. The van der Waals surface area contributed by atoms with Gasteiger partial charge in [-0.05, 0) is 47.3 Å². The van der Waals surface area contributed by atoms with Crippen LogP contribution in [-0.2, 0) is 0 Å². The molecule has 0 aliphatic carbocycles. The lowest BCUT2D eigenvalue weighted by molar-refractivity contribution is 0.331. The monoisotopic (exact) mass is 501 g/mol. The van der Waals surface area contributed by atoms with Crippen LogP contribution in [0.25, 0.3) is 43.6 Å². The van der Waals surface area contributed by atoms with E-state index >= 15 is 0 Å². The molecule has 2 aromatic heterocycles. The third-order valence-corrected chi connectivity index (χ3v) is 7.35. The molecule has 6 aromatic rings. The van der Waals surface area contributed by atoms with Crippen molar-refractivity contribution in [2.24, 2.45) is 0 Å². The number of thiocarbonyl (C=S) groups is 1.